The highest BCUT2D eigenvalue weighted by atomic mass is 35.5. The monoisotopic (exact) mass is 423 g/mol. The highest BCUT2D eigenvalue weighted by Gasteiger charge is 2.23. The lowest BCUT2D eigenvalue weighted by Gasteiger charge is -2.21. The van der Waals surface area contributed by atoms with Gasteiger partial charge < -0.3 is 14.1 Å². The standard InChI is InChI=1S/C21H27ClFN3O3/c1-21(2,3)18-12-24-19(29-18)13-25-7-4-8-26(10-9-25)20(27)14-28-17-6-5-15(23)11-16(17)22/h5-6,11-12H,4,7-10,13-14H2,1-3H3. The quantitative estimate of drug-likeness (QED) is 0.730. The Balaban J connectivity index is 1.50. The zero-order valence-corrected chi connectivity index (χ0v) is 17.8. The molecule has 0 bridgehead atoms. The number of halogens is 2. The van der Waals surface area contributed by atoms with E-state index < -0.39 is 5.82 Å². The fourth-order valence-electron chi connectivity index (χ4n) is 3.12. The zero-order chi connectivity index (χ0) is 21.0. The van der Waals surface area contributed by atoms with Crippen molar-refractivity contribution in [1.82, 2.24) is 14.8 Å². The number of nitrogens with zero attached hydrogens (tertiary/aromatic N) is 3. The van der Waals surface area contributed by atoms with Crippen LogP contribution in [0.15, 0.2) is 28.8 Å². The van der Waals surface area contributed by atoms with Gasteiger partial charge in [-0.05, 0) is 24.6 Å². The van der Waals surface area contributed by atoms with E-state index in [1.165, 1.54) is 18.2 Å². The zero-order valence-electron chi connectivity index (χ0n) is 17.1. The molecule has 0 saturated carbocycles. The summed E-state index contributed by atoms with van der Waals surface area (Å²) in [6.07, 6.45) is 2.65. The summed E-state index contributed by atoms with van der Waals surface area (Å²) in [7, 11) is 0. The third kappa shape index (κ3) is 5.93. The molecule has 1 aromatic heterocycles. The van der Waals surface area contributed by atoms with Crippen molar-refractivity contribution in [3.8, 4) is 5.75 Å². The molecular weight excluding hydrogens is 397 g/mol. The molecule has 8 heteroatoms. The molecule has 1 fully saturated rings. The lowest BCUT2D eigenvalue weighted by atomic mass is 9.94. The van der Waals surface area contributed by atoms with Crippen molar-refractivity contribution in [3.63, 3.8) is 0 Å². The number of carbonyl (C=O) groups excluding carboxylic acids is 1. The first-order valence-electron chi connectivity index (χ1n) is 9.75. The van der Waals surface area contributed by atoms with Crippen LogP contribution in [0, 0.1) is 5.82 Å². The van der Waals surface area contributed by atoms with Crippen molar-refractivity contribution in [2.24, 2.45) is 0 Å². The van der Waals surface area contributed by atoms with Gasteiger partial charge in [0, 0.05) is 31.6 Å². The molecule has 0 radical (unpaired) electrons. The van der Waals surface area contributed by atoms with Crippen molar-refractivity contribution in [2.45, 2.75) is 39.2 Å². The minimum Gasteiger partial charge on any atom is -0.482 e. The molecule has 6 nitrogen and oxygen atoms in total. The largest absolute Gasteiger partial charge is 0.482 e. The van der Waals surface area contributed by atoms with Crippen LogP contribution in [0.5, 0.6) is 5.75 Å². The second-order valence-corrected chi connectivity index (χ2v) is 8.65. The minimum atomic E-state index is -0.443. The molecule has 3 rings (SSSR count). The normalized spacial score (nSPS) is 16.0. The van der Waals surface area contributed by atoms with Gasteiger partial charge >= 0.3 is 0 Å². The number of rotatable bonds is 5. The highest BCUT2D eigenvalue weighted by molar-refractivity contribution is 6.32. The molecule has 2 heterocycles. The molecule has 2 aromatic rings. The number of oxazole rings is 1. The maximum Gasteiger partial charge on any atom is 0.260 e. The number of hydrogen-bond donors (Lipinski definition) is 0. The topological polar surface area (TPSA) is 58.8 Å². The maximum absolute atomic E-state index is 13.1. The summed E-state index contributed by atoms with van der Waals surface area (Å²) >= 11 is 5.94. The summed E-state index contributed by atoms with van der Waals surface area (Å²) in [6, 6.07) is 3.85. The van der Waals surface area contributed by atoms with Gasteiger partial charge in [-0.1, -0.05) is 32.4 Å². The third-order valence-corrected chi connectivity index (χ3v) is 5.13. The van der Waals surface area contributed by atoms with Crippen LogP contribution in [0.1, 0.15) is 38.8 Å². The van der Waals surface area contributed by atoms with Gasteiger partial charge in [0.25, 0.3) is 5.91 Å². The Morgan fingerprint density at radius 1 is 1.28 bits per heavy atom. The van der Waals surface area contributed by atoms with Crippen LogP contribution in [-0.2, 0) is 16.8 Å². The number of carbonyl (C=O) groups is 1. The number of ether oxygens (including phenoxy) is 1. The molecule has 1 amide bonds. The van der Waals surface area contributed by atoms with Crippen LogP contribution in [0.4, 0.5) is 4.39 Å². The molecule has 29 heavy (non-hydrogen) atoms. The van der Waals surface area contributed by atoms with E-state index in [1.54, 1.807) is 11.1 Å². The Morgan fingerprint density at radius 2 is 2.07 bits per heavy atom. The van der Waals surface area contributed by atoms with Crippen LogP contribution in [0.3, 0.4) is 0 Å². The van der Waals surface area contributed by atoms with Gasteiger partial charge in [-0.2, -0.15) is 0 Å². The van der Waals surface area contributed by atoms with E-state index in [0.29, 0.717) is 31.3 Å². The average Bonchev–Trinajstić information content (AvgIpc) is 3.00. The number of benzene rings is 1. The summed E-state index contributed by atoms with van der Waals surface area (Å²) < 4.78 is 24.5. The molecule has 1 saturated heterocycles. The van der Waals surface area contributed by atoms with E-state index >= 15 is 0 Å². The summed E-state index contributed by atoms with van der Waals surface area (Å²) in [4.78, 5) is 20.9. The number of aromatic nitrogens is 1. The number of amides is 1. The van der Waals surface area contributed by atoms with Crippen molar-refractivity contribution < 1.29 is 18.3 Å². The van der Waals surface area contributed by atoms with E-state index in [9.17, 15) is 9.18 Å². The Kier molecular flexibility index (Phi) is 6.80. The third-order valence-electron chi connectivity index (χ3n) is 4.84. The van der Waals surface area contributed by atoms with Gasteiger partial charge in [0.1, 0.15) is 17.3 Å². The smallest absolute Gasteiger partial charge is 0.260 e. The van der Waals surface area contributed by atoms with E-state index in [2.05, 4.69) is 30.7 Å². The first kappa shape index (κ1) is 21.6. The van der Waals surface area contributed by atoms with E-state index in [0.717, 1.165) is 25.3 Å². The molecule has 1 aliphatic heterocycles. The Hall–Kier alpha value is -2.12. The van der Waals surface area contributed by atoms with Crippen molar-refractivity contribution in [1.29, 1.82) is 0 Å². The molecule has 1 aliphatic rings. The van der Waals surface area contributed by atoms with Gasteiger partial charge in [-0.3, -0.25) is 9.69 Å². The molecule has 0 N–H and O–H groups in total. The van der Waals surface area contributed by atoms with Crippen LogP contribution >= 0.6 is 11.6 Å². The van der Waals surface area contributed by atoms with Crippen molar-refractivity contribution >= 4 is 17.5 Å². The molecular formula is C21H27ClFN3O3. The molecule has 0 unspecified atom stereocenters. The van der Waals surface area contributed by atoms with Gasteiger partial charge in [0.15, 0.2) is 6.61 Å². The molecule has 0 atom stereocenters. The van der Waals surface area contributed by atoms with Crippen LogP contribution in [0.25, 0.3) is 0 Å². The SMILES string of the molecule is CC(C)(C)c1cnc(CN2CCCN(C(=O)COc3ccc(F)cc3Cl)CC2)o1. The second kappa shape index (κ2) is 9.13. The number of hydrogen-bond acceptors (Lipinski definition) is 5. The molecule has 1 aromatic carbocycles. The first-order chi connectivity index (χ1) is 13.7. The lowest BCUT2D eigenvalue weighted by molar-refractivity contribution is -0.133. The first-order valence-corrected chi connectivity index (χ1v) is 10.1. The van der Waals surface area contributed by atoms with Gasteiger partial charge in [-0.15, -0.1) is 0 Å². The Labute approximate surface area is 175 Å². The summed E-state index contributed by atoms with van der Waals surface area (Å²) in [5.41, 5.74) is -0.0688. The van der Waals surface area contributed by atoms with E-state index in [1.807, 2.05) is 0 Å². The van der Waals surface area contributed by atoms with Crippen LogP contribution in [0.2, 0.25) is 5.02 Å². The molecule has 158 valence electrons. The van der Waals surface area contributed by atoms with Crippen molar-refractivity contribution in [2.75, 3.05) is 32.8 Å². The Bertz CT molecular complexity index is 850. The van der Waals surface area contributed by atoms with Crippen LogP contribution < -0.4 is 4.74 Å². The predicted octanol–water partition coefficient (Wildman–Crippen LogP) is 3.88. The van der Waals surface area contributed by atoms with Crippen LogP contribution in [-0.4, -0.2) is 53.5 Å². The summed E-state index contributed by atoms with van der Waals surface area (Å²) in [5.74, 6) is 1.32. The average molecular weight is 424 g/mol. The van der Waals surface area contributed by atoms with Gasteiger partial charge in [0.05, 0.1) is 17.8 Å². The van der Waals surface area contributed by atoms with Gasteiger partial charge in [0.2, 0.25) is 5.89 Å². The maximum atomic E-state index is 13.1. The second-order valence-electron chi connectivity index (χ2n) is 8.24. The predicted molar refractivity (Wildman–Crippen MR) is 109 cm³/mol. The fraction of sp³-hybridized carbons (Fsp3) is 0.524. The van der Waals surface area contributed by atoms with Crippen molar-refractivity contribution in [3.05, 3.63) is 46.9 Å². The summed E-state index contributed by atoms with van der Waals surface area (Å²) in [5, 5.41) is 0.153. The minimum absolute atomic E-state index is 0.0688. The fourth-order valence-corrected chi connectivity index (χ4v) is 3.34. The van der Waals surface area contributed by atoms with E-state index in [-0.39, 0.29) is 23.0 Å². The molecule has 0 aliphatic carbocycles. The molecule has 0 spiro atoms. The van der Waals surface area contributed by atoms with Gasteiger partial charge in [-0.25, -0.2) is 9.37 Å². The lowest BCUT2D eigenvalue weighted by Crippen LogP contribution is -2.38. The summed E-state index contributed by atoms with van der Waals surface area (Å²) in [6.45, 7) is 9.63. The highest BCUT2D eigenvalue weighted by Crippen LogP contribution is 2.25. The van der Waals surface area contributed by atoms with E-state index in [4.69, 9.17) is 20.8 Å². The Morgan fingerprint density at radius 3 is 2.76 bits per heavy atom.